The molecule has 0 aliphatic rings. The van der Waals surface area contributed by atoms with E-state index in [4.69, 9.17) is 0 Å². The van der Waals surface area contributed by atoms with Gasteiger partial charge in [-0.25, -0.2) is 0 Å². The Kier molecular flexibility index (Phi) is 5.94. The van der Waals surface area contributed by atoms with Crippen LogP contribution in [0.2, 0.25) is 0 Å². The summed E-state index contributed by atoms with van der Waals surface area (Å²) < 4.78 is 0. The van der Waals surface area contributed by atoms with Crippen LogP contribution in [0.5, 0.6) is 0 Å². The van der Waals surface area contributed by atoms with Gasteiger partial charge in [-0.2, -0.15) is 5.26 Å². The lowest BCUT2D eigenvalue weighted by molar-refractivity contribution is 0.972. The van der Waals surface area contributed by atoms with Gasteiger partial charge in [0.15, 0.2) is 0 Å². The molecule has 0 bridgehead atoms. The Morgan fingerprint density at radius 3 is 2.24 bits per heavy atom. The van der Waals surface area contributed by atoms with Gasteiger partial charge in [-0.15, -0.1) is 0 Å². The minimum Gasteiger partial charge on any atom is -0.361 e. The third-order valence-electron chi connectivity index (χ3n) is 6.64. The maximum absolute atomic E-state index is 10.3. The van der Waals surface area contributed by atoms with Gasteiger partial charge in [0.2, 0.25) is 0 Å². The Morgan fingerprint density at radius 1 is 0.730 bits per heavy atom. The highest BCUT2D eigenvalue weighted by atomic mass is 15.1. The number of nitrogens with one attached hydrogen (secondary N) is 1. The van der Waals surface area contributed by atoms with Crippen molar-refractivity contribution in [2.45, 2.75) is 6.54 Å². The van der Waals surface area contributed by atoms with Crippen molar-refractivity contribution in [3.8, 4) is 28.3 Å². The van der Waals surface area contributed by atoms with Crippen LogP contribution in [0.15, 0.2) is 128 Å². The lowest BCUT2D eigenvalue weighted by Crippen LogP contribution is -2.19. The Bertz CT molecular complexity index is 1710. The summed E-state index contributed by atoms with van der Waals surface area (Å²) in [6, 6.07) is 39.9. The zero-order valence-electron chi connectivity index (χ0n) is 20.2. The Morgan fingerprint density at radius 2 is 1.46 bits per heavy atom. The fourth-order valence-electron chi connectivity index (χ4n) is 4.88. The van der Waals surface area contributed by atoms with E-state index in [2.05, 4.69) is 87.7 Å². The third kappa shape index (κ3) is 4.35. The van der Waals surface area contributed by atoms with E-state index >= 15 is 0 Å². The fourth-order valence-corrected chi connectivity index (χ4v) is 4.88. The van der Waals surface area contributed by atoms with Crippen LogP contribution in [-0.4, -0.2) is 9.97 Å². The number of anilines is 2. The molecule has 4 aromatic carbocycles. The molecule has 1 N–H and O–H groups in total. The number of nitrogens with zero attached hydrogens (tertiary/aromatic N) is 3. The summed E-state index contributed by atoms with van der Waals surface area (Å²) >= 11 is 0. The quantitative estimate of drug-likeness (QED) is 0.264. The van der Waals surface area contributed by atoms with Crippen molar-refractivity contribution >= 4 is 22.3 Å². The highest BCUT2D eigenvalue weighted by Gasteiger charge is 2.22. The average Bonchev–Trinajstić information content (AvgIpc) is 3.45. The smallest absolute Gasteiger partial charge is 0.103 e. The number of benzene rings is 4. The third-order valence-corrected chi connectivity index (χ3v) is 6.64. The maximum atomic E-state index is 10.3. The van der Waals surface area contributed by atoms with Crippen LogP contribution in [-0.2, 0) is 6.54 Å². The van der Waals surface area contributed by atoms with Crippen molar-refractivity contribution in [1.82, 2.24) is 9.97 Å². The van der Waals surface area contributed by atoms with Gasteiger partial charge in [0.05, 0.1) is 11.3 Å². The molecule has 6 aromatic rings. The molecule has 0 aliphatic heterocycles. The molecule has 176 valence electrons. The first-order chi connectivity index (χ1) is 18.3. The standard InChI is InChI=1S/C33H24N4/c34-20-27-21-35-22-31(30-14-8-7-13-29(30)25-11-5-2-6-12-25)33(27)37(23-24-9-3-1-4-10-24)28-15-16-32-26(19-28)17-18-36-32/h1-19,21-22,36H,23H2. The second-order valence-electron chi connectivity index (χ2n) is 8.93. The number of rotatable bonds is 6. The zero-order valence-corrected chi connectivity index (χ0v) is 20.2. The van der Waals surface area contributed by atoms with E-state index in [1.165, 1.54) is 0 Å². The number of aromatic nitrogens is 2. The van der Waals surface area contributed by atoms with Crippen molar-refractivity contribution in [3.63, 3.8) is 0 Å². The minimum atomic E-state index is 0.533. The molecule has 0 amide bonds. The van der Waals surface area contributed by atoms with E-state index in [0.29, 0.717) is 12.1 Å². The summed E-state index contributed by atoms with van der Waals surface area (Å²) in [6.45, 7) is 0.607. The van der Waals surface area contributed by atoms with Crippen molar-refractivity contribution in [1.29, 1.82) is 5.26 Å². The molecule has 2 aromatic heterocycles. The second kappa shape index (κ2) is 9.85. The minimum absolute atomic E-state index is 0.533. The van der Waals surface area contributed by atoms with Crippen LogP contribution in [0.25, 0.3) is 33.2 Å². The topological polar surface area (TPSA) is 55.7 Å². The number of aromatic amines is 1. The molecule has 0 unspecified atom stereocenters. The van der Waals surface area contributed by atoms with E-state index in [1.54, 1.807) is 6.20 Å². The molecule has 0 saturated carbocycles. The molecule has 6 rings (SSSR count). The van der Waals surface area contributed by atoms with Gasteiger partial charge < -0.3 is 9.88 Å². The molecule has 2 heterocycles. The maximum Gasteiger partial charge on any atom is 0.103 e. The summed E-state index contributed by atoms with van der Waals surface area (Å²) in [6.07, 6.45) is 5.49. The van der Waals surface area contributed by atoms with E-state index in [1.807, 2.05) is 54.9 Å². The van der Waals surface area contributed by atoms with E-state index in [0.717, 1.165) is 50.1 Å². The molecular formula is C33H24N4. The first-order valence-corrected chi connectivity index (χ1v) is 12.2. The molecular weight excluding hydrogens is 452 g/mol. The van der Waals surface area contributed by atoms with E-state index < -0.39 is 0 Å². The van der Waals surface area contributed by atoms with Gasteiger partial charge in [0.1, 0.15) is 6.07 Å². The summed E-state index contributed by atoms with van der Waals surface area (Å²) in [4.78, 5) is 10.0. The normalized spacial score (nSPS) is 10.8. The average molecular weight is 477 g/mol. The molecule has 4 heteroatoms. The van der Waals surface area contributed by atoms with Crippen LogP contribution < -0.4 is 4.90 Å². The Balaban J connectivity index is 1.60. The van der Waals surface area contributed by atoms with Gasteiger partial charge in [-0.1, -0.05) is 84.9 Å². The largest absolute Gasteiger partial charge is 0.361 e. The predicted octanol–water partition coefficient (Wildman–Crippen LogP) is 8.11. The van der Waals surface area contributed by atoms with E-state index in [9.17, 15) is 5.26 Å². The molecule has 0 aliphatic carbocycles. The van der Waals surface area contributed by atoms with Crippen LogP contribution in [0.4, 0.5) is 11.4 Å². The molecule has 0 radical (unpaired) electrons. The molecule has 4 nitrogen and oxygen atoms in total. The summed E-state index contributed by atoms with van der Waals surface area (Å²) in [7, 11) is 0. The first-order valence-electron chi connectivity index (χ1n) is 12.2. The first kappa shape index (κ1) is 22.3. The van der Waals surface area contributed by atoms with Crippen molar-refractivity contribution in [2.75, 3.05) is 4.90 Å². The number of hydrogen-bond donors (Lipinski definition) is 1. The van der Waals surface area contributed by atoms with Crippen molar-refractivity contribution in [2.24, 2.45) is 0 Å². The molecule has 0 spiro atoms. The lowest BCUT2D eigenvalue weighted by Gasteiger charge is -2.29. The van der Waals surface area contributed by atoms with Crippen LogP contribution >= 0.6 is 0 Å². The number of hydrogen-bond acceptors (Lipinski definition) is 3. The van der Waals surface area contributed by atoms with Crippen molar-refractivity contribution < 1.29 is 0 Å². The van der Waals surface area contributed by atoms with Gasteiger partial charge in [-0.05, 0) is 46.5 Å². The number of H-pyrrole nitrogens is 1. The fraction of sp³-hybridized carbons (Fsp3) is 0.0303. The Hall–Kier alpha value is -5.14. The van der Waals surface area contributed by atoms with Gasteiger partial charge in [-0.3, -0.25) is 4.98 Å². The van der Waals surface area contributed by atoms with Crippen LogP contribution in [0.3, 0.4) is 0 Å². The zero-order chi connectivity index (χ0) is 25.0. The van der Waals surface area contributed by atoms with E-state index in [-0.39, 0.29) is 0 Å². The summed E-state index contributed by atoms with van der Waals surface area (Å²) in [5.74, 6) is 0. The van der Waals surface area contributed by atoms with Gasteiger partial charge >= 0.3 is 0 Å². The number of fused-ring (bicyclic) bond motifs is 1. The van der Waals surface area contributed by atoms with Crippen LogP contribution in [0, 0.1) is 11.3 Å². The molecule has 37 heavy (non-hydrogen) atoms. The summed E-state index contributed by atoms with van der Waals surface area (Å²) in [5.41, 5.74) is 8.80. The highest BCUT2D eigenvalue weighted by molar-refractivity contribution is 5.94. The predicted molar refractivity (Wildman–Crippen MR) is 150 cm³/mol. The molecule has 0 atom stereocenters. The lowest BCUT2D eigenvalue weighted by atomic mass is 9.93. The monoisotopic (exact) mass is 476 g/mol. The van der Waals surface area contributed by atoms with Gasteiger partial charge in [0, 0.05) is 47.3 Å². The van der Waals surface area contributed by atoms with Crippen molar-refractivity contribution in [3.05, 3.63) is 139 Å². The van der Waals surface area contributed by atoms with Crippen LogP contribution in [0.1, 0.15) is 11.1 Å². The Labute approximate surface area is 216 Å². The number of nitriles is 1. The molecule has 0 fully saturated rings. The summed E-state index contributed by atoms with van der Waals surface area (Å²) in [5, 5.41) is 11.4. The second-order valence-corrected chi connectivity index (χ2v) is 8.93. The van der Waals surface area contributed by atoms with Gasteiger partial charge in [0.25, 0.3) is 0 Å². The number of pyridine rings is 1. The highest BCUT2D eigenvalue weighted by Crippen LogP contribution is 2.42. The SMILES string of the molecule is N#Cc1cncc(-c2ccccc2-c2ccccc2)c1N(Cc1ccccc1)c1ccc2[nH]ccc2c1. The molecule has 0 saturated heterocycles.